The summed E-state index contributed by atoms with van der Waals surface area (Å²) in [7, 11) is 0. The summed E-state index contributed by atoms with van der Waals surface area (Å²) in [5, 5.41) is 4.08. The van der Waals surface area contributed by atoms with Crippen molar-refractivity contribution in [2.24, 2.45) is 0 Å². The van der Waals surface area contributed by atoms with E-state index in [1.165, 1.54) is 5.82 Å². The lowest BCUT2D eigenvalue weighted by molar-refractivity contribution is -0.364. The van der Waals surface area contributed by atoms with Crippen molar-refractivity contribution in [3.05, 3.63) is 24.4 Å². The van der Waals surface area contributed by atoms with Gasteiger partial charge < -0.3 is 10.2 Å². The molecule has 0 atom stereocenters. The standard InChI is InChI=1S/C12H18N4S/c1-2-13-12(17)16-9-7-15(8-10-16)11-5-3-4-6-14-11/h3-6H,2,7-10H2,1H3,(H,13,17)/p+1. The Morgan fingerprint density at radius 2 is 2.12 bits per heavy atom. The molecule has 1 aromatic rings. The molecule has 0 aliphatic carbocycles. The van der Waals surface area contributed by atoms with Crippen molar-refractivity contribution in [1.29, 1.82) is 0 Å². The fourth-order valence-corrected chi connectivity index (χ4v) is 2.32. The van der Waals surface area contributed by atoms with Crippen LogP contribution in [0.25, 0.3) is 0 Å². The summed E-state index contributed by atoms with van der Waals surface area (Å²) in [4.78, 5) is 7.85. The van der Waals surface area contributed by atoms with Crippen molar-refractivity contribution < 1.29 is 4.98 Å². The van der Waals surface area contributed by atoms with Crippen LogP contribution < -0.4 is 15.2 Å². The van der Waals surface area contributed by atoms with Gasteiger partial charge in [-0.15, -0.1) is 0 Å². The second kappa shape index (κ2) is 5.82. The molecule has 2 rings (SSSR count). The molecule has 0 aromatic carbocycles. The van der Waals surface area contributed by atoms with Crippen LogP contribution in [0, 0.1) is 0 Å². The lowest BCUT2D eigenvalue weighted by Gasteiger charge is -2.32. The van der Waals surface area contributed by atoms with Gasteiger partial charge >= 0.3 is 0 Å². The van der Waals surface area contributed by atoms with E-state index in [-0.39, 0.29) is 0 Å². The van der Waals surface area contributed by atoms with Gasteiger partial charge in [0.25, 0.3) is 5.82 Å². The molecule has 0 saturated carbocycles. The van der Waals surface area contributed by atoms with Crippen LogP contribution >= 0.6 is 12.2 Å². The van der Waals surface area contributed by atoms with Gasteiger partial charge in [-0.3, -0.25) is 4.90 Å². The Morgan fingerprint density at radius 3 is 2.71 bits per heavy atom. The molecule has 4 nitrogen and oxygen atoms in total. The summed E-state index contributed by atoms with van der Waals surface area (Å²) in [5.74, 6) is 1.18. The lowest BCUT2D eigenvalue weighted by atomic mass is 10.3. The molecule has 2 N–H and O–H groups in total. The number of thiocarbonyl (C=S) groups is 1. The molecule has 0 radical (unpaired) electrons. The van der Waals surface area contributed by atoms with E-state index in [4.69, 9.17) is 12.2 Å². The highest BCUT2D eigenvalue weighted by Crippen LogP contribution is 2.09. The van der Waals surface area contributed by atoms with Crippen LogP contribution in [0.2, 0.25) is 0 Å². The maximum Gasteiger partial charge on any atom is 0.274 e. The Morgan fingerprint density at radius 1 is 1.35 bits per heavy atom. The Hall–Kier alpha value is -1.36. The predicted octanol–water partition coefficient (Wildman–Crippen LogP) is 0.517. The van der Waals surface area contributed by atoms with Crippen LogP contribution in [0.4, 0.5) is 5.82 Å². The topological polar surface area (TPSA) is 32.6 Å². The zero-order valence-electron chi connectivity index (χ0n) is 10.1. The van der Waals surface area contributed by atoms with E-state index in [9.17, 15) is 0 Å². The fraction of sp³-hybridized carbons (Fsp3) is 0.500. The van der Waals surface area contributed by atoms with E-state index in [1.54, 1.807) is 0 Å². The minimum absolute atomic E-state index is 0.879. The molecule has 1 saturated heterocycles. The monoisotopic (exact) mass is 251 g/mol. The van der Waals surface area contributed by atoms with Gasteiger partial charge in [0.2, 0.25) is 0 Å². The molecule has 0 amide bonds. The fourth-order valence-electron chi connectivity index (χ4n) is 1.99. The molecule has 2 heterocycles. The number of rotatable bonds is 2. The number of hydrogen-bond acceptors (Lipinski definition) is 2. The highest BCUT2D eigenvalue weighted by Gasteiger charge is 2.23. The molecule has 0 unspecified atom stereocenters. The average molecular weight is 251 g/mol. The number of pyridine rings is 1. The summed E-state index contributed by atoms with van der Waals surface area (Å²) in [5.41, 5.74) is 0. The van der Waals surface area contributed by atoms with Gasteiger partial charge in [-0.25, -0.2) is 4.98 Å². The normalized spacial score (nSPS) is 15.8. The number of anilines is 1. The van der Waals surface area contributed by atoms with Crippen LogP contribution in [0.15, 0.2) is 24.4 Å². The maximum absolute atomic E-state index is 5.32. The minimum atomic E-state index is 0.879. The van der Waals surface area contributed by atoms with E-state index >= 15 is 0 Å². The maximum atomic E-state index is 5.32. The third kappa shape index (κ3) is 3.06. The quantitative estimate of drug-likeness (QED) is 0.777. The SMILES string of the molecule is CCNC(=S)N1CCN(c2cccc[nH+]2)CC1. The van der Waals surface area contributed by atoms with Gasteiger partial charge in [-0.05, 0) is 25.2 Å². The summed E-state index contributed by atoms with van der Waals surface area (Å²) in [6, 6.07) is 6.17. The summed E-state index contributed by atoms with van der Waals surface area (Å²) in [6.45, 7) is 6.94. The van der Waals surface area contributed by atoms with E-state index in [1.807, 2.05) is 12.3 Å². The molecule has 5 heteroatoms. The summed E-state index contributed by atoms with van der Waals surface area (Å²) >= 11 is 5.32. The molecule has 1 aliphatic rings. The van der Waals surface area contributed by atoms with E-state index in [0.29, 0.717) is 0 Å². The molecule has 0 bridgehead atoms. The highest BCUT2D eigenvalue weighted by molar-refractivity contribution is 7.80. The molecular formula is C12H19N4S+. The van der Waals surface area contributed by atoms with Gasteiger partial charge in [0.1, 0.15) is 13.1 Å². The molecule has 1 fully saturated rings. The second-order valence-electron chi connectivity index (χ2n) is 4.06. The summed E-state index contributed by atoms with van der Waals surface area (Å²) in [6.07, 6.45) is 1.96. The van der Waals surface area contributed by atoms with Crippen molar-refractivity contribution >= 4 is 23.1 Å². The first kappa shape index (κ1) is 12.1. The molecule has 17 heavy (non-hydrogen) atoms. The van der Waals surface area contributed by atoms with Crippen molar-refractivity contribution in [3.63, 3.8) is 0 Å². The molecule has 92 valence electrons. The van der Waals surface area contributed by atoms with Crippen molar-refractivity contribution in [1.82, 2.24) is 10.2 Å². The summed E-state index contributed by atoms with van der Waals surface area (Å²) < 4.78 is 0. The lowest BCUT2D eigenvalue weighted by Crippen LogP contribution is -2.52. The zero-order valence-corrected chi connectivity index (χ0v) is 11.0. The number of H-pyrrole nitrogens is 1. The predicted molar refractivity (Wildman–Crippen MR) is 73.1 cm³/mol. The number of nitrogens with one attached hydrogen (secondary N) is 2. The minimum Gasteiger partial charge on any atom is -0.363 e. The average Bonchev–Trinajstić information content (AvgIpc) is 2.40. The van der Waals surface area contributed by atoms with Gasteiger partial charge in [0, 0.05) is 12.6 Å². The molecule has 1 aliphatic heterocycles. The second-order valence-corrected chi connectivity index (χ2v) is 4.44. The van der Waals surface area contributed by atoms with Gasteiger partial charge in [0.15, 0.2) is 5.11 Å². The van der Waals surface area contributed by atoms with E-state index < -0.39 is 0 Å². The number of nitrogens with zero attached hydrogens (tertiary/aromatic N) is 2. The number of hydrogen-bond donors (Lipinski definition) is 1. The number of aromatic nitrogens is 1. The number of aromatic amines is 1. The van der Waals surface area contributed by atoms with Gasteiger partial charge in [-0.1, -0.05) is 6.07 Å². The van der Waals surface area contributed by atoms with Gasteiger partial charge in [-0.2, -0.15) is 0 Å². The molecule has 0 spiro atoms. The smallest absolute Gasteiger partial charge is 0.274 e. The van der Waals surface area contributed by atoms with E-state index in [0.717, 1.165) is 37.8 Å². The third-order valence-electron chi connectivity index (χ3n) is 2.93. The third-order valence-corrected chi connectivity index (χ3v) is 3.33. The van der Waals surface area contributed by atoms with Crippen LogP contribution in [0.1, 0.15) is 6.92 Å². The first-order valence-corrected chi connectivity index (χ1v) is 6.46. The van der Waals surface area contributed by atoms with Crippen LogP contribution in [-0.4, -0.2) is 42.7 Å². The van der Waals surface area contributed by atoms with Crippen molar-refractivity contribution in [2.75, 3.05) is 37.6 Å². The highest BCUT2D eigenvalue weighted by atomic mass is 32.1. The number of piperazine rings is 1. The largest absolute Gasteiger partial charge is 0.363 e. The Kier molecular flexibility index (Phi) is 4.14. The Labute approximate surface area is 108 Å². The van der Waals surface area contributed by atoms with Crippen molar-refractivity contribution in [2.45, 2.75) is 6.92 Å². The first-order chi connectivity index (χ1) is 8.31. The Balaban J connectivity index is 1.88. The van der Waals surface area contributed by atoms with Crippen LogP contribution in [0.3, 0.4) is 0 Å². The van der Waals surface area contributed by atoms with Crippen LogP contribution in [0.5, 0.6) is 0 Å². The van der Waals surface area contributed by atoms with Crippen molar-refractivity contribution in [3.8, 4) is 0 Å². The first-order valence-electron chi connectivity index (χ1n) is 6.05. The van der Waals surface area contributed by atoms with E-state index in [2.05, 4.69) is 39.2 Å². The molecule has 1 aromatic heterocycles. The zero-order chi connectivity index (χ0) is 12.1. The molecular weight excluding hydrogens is 232 g/mol. The van der Waals surface area contributed by atoms with Crippen LogP contribution in [-0.2, 0) is 0 Å². The Bertz CT molecular complexity index is 360. The van der Waals surface area contributed by atoms with Gasteiger partial charge in [0.05, 0.1) is 19.3 Å².